The van der Waals surface area contributed by atoms with Crippen molar-refractivity contribution in [2.75, 3.05) is 31.6 Å². The van der Waals surface area contributed by atoms with E-state index in [-0.39, 0.29) is 0 Å². The van der Waals surface area contributed by atoms with Gasteiger partial charge in [0, 0.05) is 26.1 Å². The summed E-state index contributed by atoms with van der Waals surface area (Å²) in [6.45, 7) is 3.12. The molecule has 0 atom stereocenters. The third kappa shape index (κ3) is 2.72. The predicted octanol–water partition coefficient (Wildman–Crippen LogP) is 1.43. The van der Waals surface area contributed by atoms with Crippen LogP contribution in [-0.2, 0) is 6.42 Å². The van der Waals surface area contributed by atoms with Gasteiger partial charge in [0.15, 0.2) is 0 Å². The molecule has 2 rings (SSSR count). The van der Waals surface area contributed by atoms with E-state index in [9.17, 15) is 0 Å². The normalized spacial score (nSPS) is 17.0. The average Bonchev–Trinajstić information content (AvgIpc) is 2.76. The van der Waals surface area contributed by atoms with E-state index >= 15 is 0 Å². The largest absolute Gasteiger partial charge is 0.429 e. The number of aromatic nitrogens is 1. The summed E-state index contributed by atoms with van der Waals surface area (Å²) in [5, 5.41) is 3.10. The van der Waals surface area contributed by atoms with Gasteiger partial charge in [-0.25, -0.2) is 4.98 Å². The molecule has 1 N–H and O–H groups in total. The molecule has 1 aliphatic rings. The predicted molar refractivity (Wildman–Crippen MR) is 60.2 cm³/mol. The van der Waals surface area contributed by atoms with Gasteiger partial charge in [-0.05, 0) is 26.3 Å². The standard InChI is InChI=1S/C11H19N3O/c1-12-6-5-10-9-13-11(15-10)14-7-3-2-4-8-14/h9,12H,2-8H2,1H3. The lowest BCUT2D eigenvalue weighted by Crippen LogP contribution is -2.29. The third-order valence-electron chi connectivity index (χ3n) is 2.79. The molecule has 1 fully saturated rings. The van der Waals surface area contributed by atoms with Gasteiger partial charge in [-0.2, -0.15) is 0 Å². The Morgan fingerprint density at radius 1 is 1.40 bits per heavy atom. The molecule has 0 radical (unpaired) electrons. The molecule has 1 saturated heterocycles. The molecule has 0 saturated carbocycles. The van der Waals surface area contributed by atoms with Crippen LogP contribution in [0.4, 0.5) is 6.01 Å². The Kier molecular flexibility index (Phi) is 3.61. The molecular formula is C11H19N3O. The Morgan fingerprint density at radius 3 is 2.93 bits per heavy atom. The van der Waals surface area contributed by atoms with Gasteiger partial charge in [-0.3, -0.25) is 0 Å². The summed E-state index contributed by atoms with van der Waals surface area (Å²) in [5.41, 5.74) is 0. The summed E-state index contributed by atoms with van der Waals surface area (Å²) in [5.74, 6) is 0.977. The fourth-order valence-electron chi connectivity index (χ4n) is 1.89. The summed E-state index contributed by atoms with van der Waals surface area (Å²) in [7, 11) is 1.95. The second-order valence-corrected chi connectivity index (χ2v) is 4.01. The Labute approximate surface area is 90.7 Å². The minimum Gasteiger partial charge on any atom is -0.429 e. The van der Waals surface area contributed by atoms with Crippen molar-refractivity contribution in [2.45, 2.75) is 25.7 Å². The molecular weight excluding hydrogens is 190 g/mol. The average molecular weight is 209 g/mol. The van der Waals surface area contributed by atoms with Gasteiger partial charge in [-0.1, -0.05) is 0 Å². The van der Waals surface area contributed by atoms with E-state index in [4.69, 9.17) is 4.42 Å². The number of hydrogen-bond donors (Lipinski definition) is 1. The van der Waals surface area contributed by atoms with Crippen LogP contribution in [0.3, 0.4) is 0 Å². The quantitative estimate of drug-likeness (QED) is 0.814. The lowest BCUT2D eigenvalue weighted by Gasteiger charge is -2.24. The maximum Gasteiger partial charge on any atom is 0.297 e. The van der Waals surface area contributed by atoms with Crippen LogP contribution < -0.4 is 10.2 Å². The SMILES string of the molecule is CNCCc1cnc(N2CCCCC2)o1. The summed E-state index contributed by atoms with van der Waals surface area (Å²) < 4.78 is 5.70. The minimum atomic E-state index is 0.806. The molecule has 1 aromatic rings. The van der Waals surface area contributed by atoms with Crippen LogP contribution in [0, 0.1) is 0 Å². The van der Waals surface area contributed by atoms with E-state index in [0.29, 0.717) is 0 Å². The smallest absolute Gasteiger partial charge is 0.297 e. The van der Waals surface area contributed by atoms with Crippen molar-refractivity contribution in [3.8, 4) is 0 Å². The van der Waals surface area contributed by atoms with E-state index < -0.39 is 0 Å². The molecule has 0 spiro atoms. The number of nitrogens with one attached hydrogen (secondary N) is 1. The van der Waals surface area contributed by atoms with Gasteiger partial charge in [0.1, 0.15) is 5.76 Å². The van der Waals surface area contributed by atoms with Crippen molar-refractivity contribution in [3.05, 3.63) is 12.0 Å². The zero-order valence-electron chi connectivity index (χ0n) is 9.33. The van der Waals surface area contributed by atoms with Crippen molar-refractivity contribution < 1.29 is 4.42 Å². The molecule has 15 heavy (non-hydrogen) atoms. The first-order valence-electron chi connectivity index (χ1n) is 5.74. The zero-order valence-corrected chi connectivity index (χ0v) is 9.33. The Balaban J connectivity index is 1.93. The fourth-order valence-corrected chi connectivity index (χ4v) is 1.89. The molecule has 0 amide bonds. The van der Waals surface area contributed by atoms with Gasteiger partial charge in [0.05, 0.1) is 6.20 Å². The van der Waals surface area contributed by atoms with Crippen molar-refractivity contribution in [3.63, 3.8) is 0 Å². The summed E-state index contributed by atoms with van der Waals surface area (Å²) >= 11 is 0. The Morgan fingerprint density at radius 2 is 2.20 bits per heavy atom. The maximum absolute atomic E-state index is 5.70. The molecule has 2 heterocycles. The number of rotatable bonds is 4. The number of likely N-dealkylation sites (N-methyl/N-ethyl adjacent to an activating group) is 1. The number of hydrogen-bond acceptors (Lipinski definition) is 4. The van der Waals surface area contributed by atoms with Crippen LogP contribution in [0.25, 0.3) is 0 Å². The molecule has 0 unspecified atom stereocenters. The van der Waals surface area contributed by atoms with Gasteiger partial charge in [0.2, 0.25) is 0 Å². The topological polar surface area (TPSA) is 41.3 Å². The van der Waals surface area contributed by atoms with E-state index in [1.54, 1.807) is 0 Å². The Bertz CT molecular complexity index is 292. The van der Waals surface area contributed by atoms with E-state index in [1.807, 2.05) is 13.2 Å². The fraction of sp³-hybridized carbons (Fsp3) is 0.727. The molecule has 1 aromatic heterocycles. The Hall–Kier alpha value is -1.03. The zero-order chi connectivity index (χ0) is 10.5. The minimum absolute atomic E-state index is 0.806. The summed E-state index contributed by atoms with van der Waals surface area (Å²) in [6, 6.07) is 0.806. The van der Waals surface area contributed by atoms with Crippen LogP contribution >= 0.6 is 0 Å². The van der Waals surface area contributed by atoms with Crippen molar-refractivity contribution in [2.24, 2.45) is 0 Å². The third-order valence-corrected chi connectivity index (χ3v) is 2.79. The van der Waals surface area contributed by atoms with E-state index in [2.05, 4.69) is 15.2 Å². The van der Waals surface area contributed by atoms with E-state index in [0.717, 1.165) is 37.8 Å². The monoisotopic (exact) mass is 209 g/mol. The highest BCUT2D eigenvalue weighted by molar-refractivity contribution is 5.26. The summed E-state index contributed by atoms with van der Waals surface area (Å²) in [6.07, 6.45) is 6.62. The highest BCUT2D eigenvalue weighted by atomic mass is 16.4. The lowest BCUT2D eigenvalue weighted by atomic mass is 10.1. The highest BCUT2D eigenvalue weighted by Crippen LogP contribution is 2.19. The van der Waals surface area contributed by atoms with Crippen LogP contribution in [0.1, 0.15) is 25.0 Å². The molecule has 1 aliphatic heterocycles. The van der Waals surface area contributed by atoms with Crippen molar-refractivity contribution in [1.29, 1.82) is 0 Å². The molecule has 4 nitrogen and oxygen atoms in total. The lowest BCUT2D eigenvalue weighted by molar-refractivity contribution is 0.463. The first-order chi connectivity index (χ1) is 7.40. The van der Waals surface area contributed by atoms with Crippen LogP contribution in [-0.4, -0.2) is 31.7 Å². The molecule has 0 aliphatic carbocycles. The number of anilines is 1. The number of oxazole rings is 1. The summed E-state index contributed by atoms with van der Waals surface area (Å²) in [4.78, 5) is 6.57. The second kappa shape index (κ2) is 5.16. The van der Waals surface area contributed by atoms with Crippen molar-refractivity contribution >= 4 is 6.01 Å². The van der Waals surface area contributed by atoms with E-state index in [1.165, 1.54) is 19.3 Å². The van der Waals surface area contributed by atoms with Gasteiger partial charge >= 0.3 is 0 Å². The first kappa shape index (κ1) is 10.5. The first-order valence-corrected chi connectivity index (χ1v) is 5.74. The molecule has 4 heteroatoms. The van der Waals surface area contributed by atoms with Crippen LogP contribution in [0.15, 0.2) is 10.6 Å². The molecule has 84 valence electrons. The number of nitrogens with zero attached hydrogens (tertiary/aromatic N) is 2. The van der Waals surface area contributed by atoms with Crippen molar-refractivity contribution in [1.82, 2.24) is 10.3 Å². The molecule has 0 aromatic carbocycles. The van der Waals surface area contributed by atoms with Crippen LogP contribution in [0.2, 0.25) is 0 Å². The second-order valence-electron chi connectivity index (χ2n) is 4.01. The number of piperidine rings is 1. The van der Waals surface area contributed by atoms with Gasteiger partial charge in [0.25, 0.3) is 6.01 Å². The molecule has 0 bridgehead atoms. The van der Waals surface area contributed by atoms with Gasteiger partial charge in [-0.15, -0.1) is 0 Å². The van der Waals surface area contributed by atoms with Gasteiger partial charge < -0.3 is 14.6 Å². The maximum atomic E-state index is 5.70. The van der Waals surface area contributed by atoms with Crippen LogP contribution in [0.5, 0.6) is 0 Å². The highest BCUT2D eigenvalue weighted by Gasteiger charge is 2.15.